The van der Waals surface area contributed by atoms with Gasteiger partial charge in [0.2, 0.25) is 0 Å². The van der Waals surface area contributed by atoms with E-state index in [0.29, 0.717) is 17.5 Å². The summed E-state index contributed by atoms with van der Waals surface area (Å²) in [6, 6.07) is 50.6. The molecule has 0 radical (unpaired) electrons. The third-order valence-corrected chi connectivity index (χ3v) is 11.5. The van der Waals surface area contributed by atoms with Gasteiger partial charge in [-0.05, 0) is 69.4 Å². The summed E-state index contributed by atoms with van der Waals surface area (Å²) in [6.45, 7) is 0. The molecule has 262 valence electrons. The summed E-state index contributed by atoms with van der Waals surface area (Å²) in [7, 11) is 0. The zero-order chi connectivity index (χ0) is 36.7. The van der Waals surface area contributed by atoms with E-state index in [-0.39, 0.29) is 11.8 Å². The lowest BCUT2D eigenvalue weighted by atomic mass is 9.76. The topological polar surface area (TPSA) is 65.0 Å². The Morgan fingerprint density at radius 3 is 2.05 bits per heavy atom. The molecule has 12 rings (SSSR count). The SMILES string of the molecule is C1=CC2c3ccccc3C=CC2C=C1c1nc(-c2ccc3cc(-c4cccc5oc6ccccc6c45)ccc3c2)nc(-c2cccc3c2oc2ccccc23)n1. The molecule has 3 aromatic heterocycles. The largest absolute Gasteiger partial charge is 0.456 e. The normalized spacial score (nSPS) is 16.2. The predicted octanol–water partition coefficient (Wildman–Crippen LogP) is 13.2. The first kappa shape index (κ1) is 31.0. The number of fused-ring (bicyclic) bond motifs is 10. The van der Waals surface area contributed by atoms with Gasteiger partial charge in [0.15, 0.2) is 17.5 Å². The molecular weight excluding hydrogens is 687 g/mol. The molecule has 0 bridgehead atoms. The van der Waals surface area contributed by atoms with Crippen LogP contribution in [-0.2, 0) is 0 Å². The average molecular weight is 718 g/mol. The van der Waals surface area contributed by atoms with Crippen LogP contribution in [0.2, 0.25) is 0 Å². The van der Waals surface area contributed by atoms with Gasteiger partial charge in [0.05, 0.1) is 5.56 Å². The number of benzene rings is 7. The van der Waals surface area contributed by atoms with Crippen molar-refractivity contribution in [3.63, 3.8) is 0 Å². The van der Waals surface area contributed by atoms with Crippen molar-refractivity contribution in [3.05, 3.63) is 187 Å². The van der Waals surface area contributed by atoms with E-state index >= 15 is 0 Å². The molecule has 2 aliphatic rings. The standard InChI is InChI=1S/C51H31N3O2/c1-2-10-37-30(9-1)19-22-33-29-36(25-26-38(33)37)50-52-49(53-51(54-50)43-15-7-14-41-40-11-3-5-16-44(40)56-48(41)43)35-24-21-31-27-34(23-20-32(31)28-35)39-13-8-18-46-47(39)42-12-4-6-17-45(42)55-46/h1-29,33,38H. The van der Waals surface area contributed by atoms with Gasteiger partial charge in [-0.15, -0.1) is 0 Å². The van der Waals surface area contributed by atoms with Gasteiger partial charge in [-0.3, -0.25) is 0 Å². The number of para-hydroxylation sites is 3. The van der Waals surface area contributed by atoms with E-state index < -0.39 is 0 Å². The minimum atomic E-state index is 0.202. The number of aromatic nitrogens is 3. The second-order valence-corrected chi connectivity index (χ2v) is 14.7. The third kappa shape index (κ3) is 4.84. The van der Waals surface area contributed by atoms with E-state index in [0.717, 1.165) is 82.5 Å². The van der Waals surface area contributed by atoms with Gasteiger partial charge in [-0.25, -0.2) is 15.0 Å². The maximum atomic E-state index is 6.48. The Kier molecular flexibility index (Phi) is 6.69. The fourth-order valence-electron chi connectivity index (χ4n) is 8.76. The molecule has 2 unspecified atom stereocenters. The van der Waals surface area contributed by atoms with Crippen LogP contribution < -0.4 is 0 Å². The van der Waals surface area contributed by atoms with Crippen molar-refractivity contribution in [2.45, 2.75) is 5.92 Å². The second-order valence-electron chi connectivity index (χ2n) is 14.7. The number of rotatable bonds is 4. The van der Waals surface area contributed by atoms with Crippen LogP contribution in [0.4, 0.5) is 0 Å². The molecule has 0 saturated carbocycles. The van der Waals surface area contributed by atoms with Gasteiger partial charge < -0.3 is 8.83 Å². The van der Waals surface area contributed by atoms with Crippen molar-refractivity contribution >= 4 is 66.3 Å². The molecule has 0 amide bonds. The molecule has 0 saturated heterocycles. The van der Waals surface area contributed by atoms with Gasteiger partial charge in [0.25, 0.3) is 0 Å². The molecular formula is C51H31N3O2. The lowest BCUT2D eigenvalue weighted by Gasteiger charge is -2.28. The molecule has 0 fully saturated rings. The lowest BCUT2D eigenvalue weighted by Crippen LogP contribution is -2.15. The van der Waals surface area contributed by atoms with E-state index in [1.807, 2.05) is 42.5 Å². The molecule has 0 N–H and O–H groups in total. The van der Waals surface area contributed by atoms with Crippen molar-refractivity contribution in [2.75, 3.05) is 0 Å². The Balaban J connectivity index is 0.995. The van der Waals surface area contributed by atoms with Crippen molar-refractivity contribution in [2.24, 2.45) is 5.92 Å². The summed E-state index contributed by atoms with van der Waals surface area (Å²) in [5.41, 5.74) is 11.0. The summed E-state index contributed by atoms with van der Waals surface area (Å²) in [4.78, 5) is 15.5. The minimum Gasteiger partial charge on any atom is -0.456 e. The van der Waals surface area contributed by atoms with Crippen LogP contribution in [0.3, 0.4) is 0 Å². The third-order valence-electron chi connectivity index (χ3n) is 11.5. The molecule has 5 nitrogen and oxygen atoms in total. The molecule has 5 heteroatoms. The van der Waals surface area contributed by atoms with Crippen LogP contribution in [0.1, 0.15) is 22.9 Å². The fraction of sp³-hybridized carbons (Fsp3) is 0.0392. The first-order chi connectivity index (χ1) is 27.7. The Bertz CT molecular complexity index is 3340. The van der Waals surface area contributed by atoms with Gasteiger partial charge in [0, 0.05) is 44.5 Å². The number of hydrogen-bond donors (Lipinski definition) is 0. The van der Waals surface area contributed by atoms with Crippen molar-refractivity contribution < 1.29 is 8.83 Å². The van der Waals surface area contributed by atoms with Crippen LogP contribution in [0.25, 0.3) is 100 Å². The summed E-state index contributed by atoms with van der Waals surface area (Å²) < 4.78 is 12.7. The number of nitrogens with zero attached hydrogens (tertiary/aromatic N) is 3. The summed E-state index contributed by atoms with van der Waals surface area (Å²) in [6.07, 6.45) is 11.3. The molecule has 3 heterocycles. The van der Waals surface area contributed by atoms with Crippen LogP contribution in [0, 0.1) is 5.92 Å². The predicted molar refractivity (Wildman–Crippen MR) is 227 cm³/mol. The minimum absolute atomic E-state index is 0.202. The van der Waals surface area contributed by atoms with Crippen molar-refractivity contribution in [1.29, 1.82) is 0 Å². The highest BCUT2D eigenvalue weighted by Gasteiger charge is 2.27. The van der Waals surface area contributed by atoms with Crippen molar-refractivity contribution in [1.82, 2.24) is 15.0 Å². The summed E-state index contributed by atoms with van der Waals surface area (Å²) >= 11 is 0. The highest BCUT2D eigenvalue weighted by Crippen LogP contribution is 2.42. The maximum Gasteiger partial charge on any atom is 0.167 e. The Morgan fingerprint density at radius 2 is 1.14 bits per heavy atom. The quantitative estimate of drug-likeness (QED) is 0.181. The molecule has 10 aromatic rings. The summed E-state index contributed by atoms with van der Waals surface area (Å²) in [5, 5.41) is 6.59. The maximum absolute atomic E-state index is 6.48. The molecule has 0 spiro atoms. The number of hydrogen-bond acceptors (Lipinski definition) is 5. The Labute approximate surface area is 321 Å². The van der Waals surface area contributed by atoms with E-state index in [9.17, 15) is 0 Å². The zero-order valence-corrected chi connectivity index (χ0v) is 30.1. The second kappa shape index (κ2) is 12.1. The first-order valence-electron chi connectivity index (χ1n) is 19.0. The number of allylic oxidation sites excluding steroid dienone is 5. The van der Waals surface area contributed by atoms with Crippen LogP contribution >= 0.6 is 0 Å². The van der Waals surface area contributed by atoms with E-state index in [1.165, 1.54) is 11.1 Å². The van der Waals surface area contributed by atoms with Crippen LogP contribution in [-0.4, -0.2) is 15.0 Å². The molecule has 2 aliphatic carbocycles. The monoisotopic (exact) mass is 717 g/mol. The molecule has 7 aromatic carbocycles. The van der Waals surface area contributed by atoms with Gasteiger partial charge in [-0.2, -0.15) is 0 Å². The molecule has 0 aliphatic heterocycles. The molecule has 2 atom stereocenters. The first-order valence-corrected chi connectivity index (χ1v) is 19.0. The number of furan rings is 2. The highest BCUT2D eigenvalue weighted by molar-refractivity contribution is 6.13. The Hall–Kier alpha value is -7.37. The van der Waals surface area contributed by atoms with Crippen molar-refractivity contribution in [3.8, 4) is 33.9 Å². The van der Waals surface area contributed by atoms with Gasteiger partial charge in [0.1, 0.15) is 22.3 Å². The Morgan fingerprint density at radius 1 is 0.464 bits per heavy atom. The molecule has 56 heavy (non-hydrogen) atoms. The van der Waals surface area contributed by atoms with E-state index in [2.05, 4.69) is 134 Å². The summed E-state index contributed by atoms with van der Waals surface area (Å²) in [5.74, 6) is 2.30. The van der Waals surface area contributed by atoms with Gasteiger partial charge >= 0.3 is 0 Å². The lowest BCUT2D eigenvalue weighted by molar-refractivity contribution is 0.669. The van der Waals surface area contributed by atoms with Gasteiger partial charge in [-0.1, -0.05) is 140 Å². The van der Waals surface area contributed by atoms with E-state index in [1.54, 1.807) is 0 Å². The highest BCUT2D eigenvalue weighted by atomic mass is 16.3. The fourth-order valence-corrected chi connectivity index (χ4v) is 8.76. The average Bonchev–Trinajstić information content (AvgIpc) is 3.84. The zero-order valence-electron chi connectivity index (χ0n) is 30.1. The van der Waals surface area contributed by atoms with E-state index in [4.69, 9.17) is 23.8 Å². The van der Waals surface area contributed by atoms with Crippen LogP contribution in [0.15, 0.2) is 179 Å². The smallest absolute Gasteiger partial charge is 0.167 e. The van der Waals surface area contributed by atoms with Crippen LogP contribution in [0.5, 0.6) is 0 Å².